The first-order valence-corrected chi connectivity index (χ1v) is 4.68. The summed E-state index contributed by atoms with van der Waals surface area (Å²) in [4.78, 5) is 4.10. The molecule has 1 aliphatic heterocycles. The molecule has 1 aromatic heterocycles. The smallest absolute Gasteiger partial charge is 0.141 e. The van der Waals surface area contributed by atoms with Crippen molar-refractivity contribution >= 4 is 24.8 Å². The van der Waals surface area contributed by atoms with E-state index in [0.29, 0.717) is 5.92 Å². The fourth-order valence-corrected chi connectivity index (χ4v) is 1.75. The van der Waals surface area contributed by atoms with Gasteiger partial charge in [-0.2, -0.15) is 0 Å². The maximum Gasteiger partial charge on any atom is 0.141 e. The van der Waals surface area contributed by atoms with Crippen LogP contribution in [0, 0.1) is 5.82 Å². The molecule has 1 aromatic rings. The van der Waals surface area contributed by atoms with Gasteiger partial charge in [0.05, 0.1) is 6.20 Å². The van der Waals surface area contributed by atoms with Crippen LogP contribution >= 0.6 is 24.8 Å². The molecule has 2 nitrogen and oxygen atoms in total. The quantitative estimate of drug-likeness (QED) is 0.831. The van der Waals surface area contributed by atoms with Gasteiger partial charge in [0.1, 0.15) is 5.82 Å². The monoisotopic (exact) mass is 252 g/mol. The highest BCUT2D eigenvalue weighted by atomic mass is 35.5. The van der Waals surface area contributed by atoms with Crippen LogP contribution in [0.5, 0.6) is 0 Å². The lowest BCUT2D eigenvalue weighted by Crippen LogP contribution is -2.27. The minimum Gasteiger partial charge on any atom is -0.317 e. The molecule has 1 saturated heterocycles. The van der Waals surface area contributed by atoms with Crippen molar-refractivity contribution in [1.29, 1.82) is 0 Å². The van der Waals surface area contributed by atoms with Crippen LogP contribution in [-0.2, 0) is 0 Å². The number of hydrogen-bond acceptors (Lipinski definition) is 2. The zero-order valence-electron chi connectivity index (χ0n) is 8.28. The summed E-state index contributed by atoms with van der Waals surface area (Å²) in [7, 11) is 0. The highest BCUT2D eigenvalue weighted by Crippen LogP contribution is 2.22. The van der Waals surface area contributed by atoms with Crippen LogP contribution in [0.4, 0.5) is 4.39 Å². The summed E-state index contributed by atoms with van der Waals surface area (Å²) in [5.74, 6) is 0.263. The molecule has 2 rings (SSSR count). The lowest BCUT2D eigenvalue weighted by atomic mass is 9.94. The van der Waals surface area contributed by atoms with Crippen molar-refractivity contribution in [2.75, 3.05) is 13.1 Å². The summed E-state index contributed by atoms with van der Waals surface area (Å²) in [5, 5.41) is 3.29. The van der Waals surface area contributed by atoms with Crippen molar-refractivity contribution in [2.45, 2.75) is 18.8 Å². The van der Waals surface area contributed by atoms with E-state index in [2.05, 4.69) is 10.3 Å². The van der Waals surface area contributed by atoms with Crippen LogP contribution in [0.3, 0.4) is 0 Å². The molecule has 0 unspecified atom stereocenters. The molecule has 1 fully saturated rings. The first-order chi connectivity index (χ1) is 6.36. The van der Waals surface area contributed by atoms with Crippen molar-refractivity contribution < 1.29 is 4.39 Å². The van der Waals surface area contributed by atoms with Crippen molar-refractivity contribution in [3.63, 3.8) is 0 Å². The van der Waals surface area contributed by atoms with Crippen LogP contribution in [0.1, 0.15) is 24.5 Å². The molecule has 0 bridgehead atoms. The van der Waals surface area contributed by atoms with Crippen LogP contribution in [-0.4, -0.2) is 18.1 Å². The number of rotatable bonds is 1. The number of aromatic nitrogens is 1. The van der Waals surface area contributed by atoms with Crippen molar-refractivity contribution in [1.82, 2.24) is 10.3 Å². The van der Waals surface area contributed by atoms with E-state index in [1.165, 1.54) is 12.3 Å². The average molecular weight is 253 g/mol. The Morgan fingerprint density at radius 1 is 1.20 bits per heavy atom. The SMILES string of the molecule is Cl.Cl.Fc1ccc(C2CCNCC2)nc1. The van der Waals surface area contributed by atoms with E-state index in [4.69, 9.17) is 0 Å². The van der Waals surface area contributed by atoms with Gasteiger partial charge < -0.3 is 5.32 Å². The van der Waals surface area contributed by atoms with Gasteiger partial charge in [0, 0.05) is 11.6 Å². The Balaban J connectivity index is 0.000000980. The average Bonchev–Trinajstić information content (AvgIpc) is 2.20. The molecule has 5 heteroatoms. The normalized spacial score (nSPS) is 16.3. The van der Waals surface area contributed by atoms with E-state index in [0.717, 1.165) is 31.6 Å². The molecule has 0 aromatic carbocycles. The van der Waals surface area contributed by atoms with Gasteiger partial charge in [-0.15, -0.1) is 24.8 Å². The van der Waals surface area contributed by atoms with Gasteiger partial charge in [-0.3, -0.25) is 4.98 Å². The van der Waals surface area contributed by atoms with Gasteiger partial charge >= 0.3 is 0 Å². The Kier molecular flexibility index (Phi) is 6.81. The summed E-state index contributed by atoms with van der Waals surface area (Å²) in [6.45, 7) is 2.09. The lowest BCUT2D eigenvalue weighted by Gasteiger charge is -2.21. The second kappa shape index (κ2) is 6.99. The number of pyridine rings is 1. The Morgan fingerprint density at radius 2 is 1.87 bits per heavy atom. The van der Waals surface area contributed by atoms with Crippen molar-refractivity contribution in [2.24, 2.45) is 0 Å². The standard InChI is InChI=1S/C10H13FN2.2ClH/c11-9-1-2-10(13-7-9)8-3-5-12-6-4-8;;/h1-2,7-8,12H,3-6H2;2*1H. The molecule has 86 valence electrons. The molecule has 2 heterocycles. The Morgan fingerprint density at radius 3 is 2.40 bits per heavy atom. The Bertz CT molecular complexity index is 273. The third-order valence-corrected chi connectivity index (χ3v) is 2.51. The predicted octanol–water partition coefficient (Wildman–Crippen LogP) is 2.53. The molecule has 15 heavy (non-hydrogen) atoms. The lowest BCUT2D eigenvalue weighted by molar-refractivity contribution is 0.452. The molecular formula is C10H15Cl2FN2. The fourth-order valence-electron chi connectivity index (χ4n) is 1.75. The topological polar surface area (TPSA) is 24.9 Å². The summed E-state index contributed by atoms with van der Waals surface area (Å²) in [6, 6.07) is 3.29. The maximum atomic E-state index is 12.6. The van der Waals surface area contributed by atoms with E-state index >= 15 is 0 Å². The molecule has 0 aliphatic carbocycles. The minimum atomic E-state index is -0.252. The second-order valence-electron chi connectivity index (χ2n) is 3.43. The summed E-state index contributed by atoms with van der Waals surface area (Å²) in [6.07, 6.45) is 3.52. The van der Waals surface area contributed by atoms with Crippen molar-refractivity contribution in [3.8, 4) is 0 Å². The van der Waals surface area contributed by atoms with Crippen LogP contribution in [0.25, 0.3) is 0 Å². The highest BCUT2D eigenvalue weighted by molar-refractivity contribution is 5.85. The minimum absolute atomic E-state index is 0. The highest BCUT2D eigenvalue weighted by Gasteiger charge is 2.15. The maximum absolute atomic E-state index is 12.6. The van der Waals surface area contributed by atoms with Gasteiger partial charge in [0.2, 0.25) is 0 Å². The summed E-state index contributed by atoms with van der Waals surface area (Å²) < 4.78 is 12.6. The number of piperidine rings is 1. The number of nitrogens with one attached hydrogen (secondary N) is 1. The zero-order valence-corrected chi connectivity index (χ0v) is 9.91. The van der Waals surface area contributed by atoms with Crippen molar-refractivity contribution in [3.05, 3.63) is 29.8 Å². The Labute approximate surface area is 101 Å². The molecule has 0 spiro atoms. The molecule has 1 N–H and O–H groups in total. The molecule has 1 aliphatic rings. The summed E-state index contributed by atoms with van der Waals surface area (Å²) >= 11 is 0. The first-order valence-electron chi connectivity index (χ1n) is 4.68. The van der Waals surface area contributed by atoms with Gasteiger partial charge in [-0.1, -0.05) is 0 Å². The van der Waals surface area contributed by atoms with Gasteiger partial charge in [0.25, 0.3) is 0 Å². The third kappa shape index (κ3) is 3.93. The molecule has 0 saturated carbocycles. The van der Waals surface area contributed by atoms with Crippen LogP contribution in [0.15, 0.2) is 18.3 Å². The third-order valence-electron chi connectivity index (χ3n) is 2.51. The number of halogens is 3. The Hall–Kier alpha value is -0.380. The first kappa shape index (κ1) is 14.6. The van der Waals surface area contributed by atoms with Gasteiger partial charge in [0.15, 0.2) is 0 Å². The van der Waals surface area contributed by atoms with E-state index in [9.17, 15) is 4.39 Å². The zero-order chi connectivity index (χ0) is 9.10. The van der Waals surface area contributed by atoms with Gasteiger partial charge in [-0.05, 0) is 38.1 Å². The van der Waals surface area contributed by atoms with E-state index < -0.39 is 0 Å². The number of hydrogen-bond donors (Lipinski definition) is 1. The molecule has 0 amide bonds. The molecule has 0 atom stereocenters. The molecular weight excluding hydrogens is 238 g/mol. The predicted molar refractivity (Wildman–Crippen MR) is 63.5 cm³/mol. The summed E-state index contributed by atoms with van der Waals surface area (Å²) in [5.41, 5.74) is 1.03. The van der Waals surface area contributed by atoms with Gasteiger partial charge in [-0.25, -0.2) is 4.39 Å². The largest absolute Gasteiger partial charge is 0.317 e. The van der Waals surface area contributed by atoms with Crippen LogP contribution in [0.2, 0.25) is 0 Å². The van der Waals surface area contributed by atoms with E-state index in [1.54, 1.807) is 6.07 Å². The fraction of sp³-hybridized carbons (Fsp3) is 0.500. The molecule has 0 radical (unpaired) electrons. The van der Waals surface area contributed by atoms with E-state index in [1.807, 2.05) is 0 Å². The second-order valence-corrected chi connectivity index (χ2v) is 3.43. The number of nitrogens with zero attached hydrogens (tertiary/aromatic N) is 1. The van der Waals surface area contributed by atoms with E-state index in [-0.39, 0.29) is 30.6 Å². The van der Waals surface area contributed by atoms with Crippen LogP contribution < -0.4 is 5.32 Å².